The molecule has 3 aromatic rings. The van der Waals surface area contributed by atoms with E-state index in [2.05, 4.69) is 19.9 Å². The number of ether oxygens (including phenoxy) is 1. The van der Waals surface area contributed by atoms with E-state index in [1.165, 1.54) is 6.26 Å². The van der Waals surface area contributed by atoms with Crippen LogP contribution in [0.15, 0.2) is 35.5 Å². The van der Waals surface area contributed by atoms with Crippen molar-refractivity contribution in [1.29, 1.82) is 0 Å². The summed E-state index contributed by atoms with van der Waals surface area (Å²) < 4.78 is 30.8. The van der Waals surface area contributed by atoms with Gasteiger partial charge in [0.15, 0.2) is 15.0 Å². The molecule has 1 aromatic carbocycles. The Morgan fingerprint density at radius 3 is 2.68 bits per heavy atom. The van der Waals surface area contributed by atoms with Gasteiger partial charge in [-0.15, -0.1) is 0 Å². The van der Waals surface area contributed by atoms with Gasteiger partial charge in [-0.3, -0.25) is 4.98 Å². The standard InChI is InChI=1S/C19H22N4O3S2/c1-13-18(21-9-8-20-13)26-12-14-6-10-23(11-7-14)19-22-17-15(27-19)4-3-5-16(17)28(2,24)25/h3-5,8-9,14H,6-7,10-12H2,1-2H3. The van der Waals surface area contributed by atoms with Crippen LogP contribution in [0.1, 0.15) is 18.5 Å². The van der Waals surface area contributed by atoms with Crippen molar-refractivity contribution < 1.29 is 13.2 Å². The number of hydrogen-bond acceptors (Lipinski definition) is 8. The van der Waals surface area contributed by atoms with Crippen molar-refractivity contribution in [2.24, 2.45) is 5.92 Å². The number of benzene rings is 1. The van der Waals surface area contributed by atoms with Crippen molar-refractivity contribution in [3.05, 3.63) is 36.3 Å². The molecular formula is C19H22N4O3S2. The van der Waals surface area contributed by atoms with Gasteiger partial charge in [0, 0.05) is 31.7 Å². The van der Waals surface area contributed by atoms with Crippen LogP contribution < -0.4 is 9.64 Å². The molecule has 1 fully saturated rings. The summed E-state index contributed by atoms with van der Waals surface area (Å²) >= 11 is 1.55. The lowest BCUT2D eigenvalue weighted by atomic mass is 9.98. The average Bonchev–Trinajstić information content (AvgIpc) is 3.11. The quantitative estimate of drug-likeness (QED) is 0.629. The molecule has 1 aliphatic rings. The van der Waals surface area contributed by atoms with Gasteiger partial charge in [0.05, 0.1) is 21.9 Å². The molecule has 0 unspecified atom stereocenters. The number of hydrogen-bond donors (Lipinski definition) is 0. The van der Waals surface area contributed by atoms with Crippen molar-refractivity contribution in [3.63, 3.8) is 0 Å². The molecule has 1 saturated heterocycles. The summed E-state index contributed by atoms with van der Waals surface area (Å²) in [5.74, 6) is 1.06. The highest BCUT2D eigenvalue weighted by atomic mass is 32.2. The van der Waals surface area contributed by atoms with Crippen LogP contribution >= 0.6 is 11.3 Å². The summed E-state index contributed by atoms with van der Waals surface area (Å²) in [4.78, 5) is 15.6. The van der Waals surface area contributed by atoms with Crippen LogP contribution in [0.4, 0.5) is 5.13 Å². The van der Waals surface area contributed by atoms with Gasteiger partial charge < -0.3 is 9.64 Å². The largest absolute Gasteiger partial charge is 0.476 e. The lowest BCUT2D eigenvalue weighted by Gasteiger charge is -2.31. The van der Waals surface area contributed by atoms with Gasteiger partial charge in [0.25, 0.3) is 0 Å². The number of sulfone groups is 1. The summed E-state index contributed by atoms with van der Waals surface area (Å²) in [7, 11) is -3.29. The number of anilines is 1. The number of aromatic nitrogens is 3. The fourth-order valence-corrected chi connectivity index (χ4v) is 5.31. The topological polar surface area (TPSA) is 85.3 Å². The second-order valence-electron chi connectivity index (χ2n) is 7.06. The fourth-order valence-electron chi connectivity index (χ4n) is 3.37. The molecule has 9 heteroatoms. The Morgan fingerprint density at radius 2 is 1.96 bits per heavy atom. The van der Waals surface area contributed by atoms with Crippen molar-refractivity contribution in [2.75, 3.05) is 30.9 Å². The fraction of sp³-hybridized carbons (Fsp3) is 0.421. The van der Waals surface area contributed by atoms with Gasteiger partial charge >= 0.3 is 0 Å². The Hall–Kier alpha value is -2.26. The normalized spacial score (nSPS) is 15.9. The van der Waals surface area contributed by atoms with E-state index in [-0.39, 0.29) is 0 Å². The van der Waals surface area contributed by atoms with Crippen LogP contribution in [-0.2, 0) is 9.84 Å². The zero-order chi connectivity index (χ0) is 19.7. The van der Waals surface area contributed by atoms with Gasteiger partial charge in [-0.1, -0.05) is 17.4 Å². The van der Waals surface area contributed by atoms with Crippen molar-refractivity contribution in [3.8, 4) is 5.88 Å². The molecule has 3 heterocycles. The van der Waals surface area contributed by atoms with Crippen LogP contribution in [0, 0.1) is 12.8 Å². The number of aryl methyl sites for hydroxylation is 1. The molecule has 0 N–H and O–H groups in total. The molecule has 0 bridgehead atoms. The Morgan fingerprint density at radius 1 is 1.21 bits per heavy atom. The lowest BCUT2D eigenvalue weighted by molar-refractivity contribution is 0.214. The minimum absolute atomic E-state index is 0.301. The van der Waals surface area contributed by atoms with Crippen molar-refractivity contribution >= 4 is 36.5 Å². The monoisotopic (exact) mass is 418 g/mol. The number of thiazole rings is 1. The predicted octanol–water partition coefficient (Wildman–Crippen LogP) is 3.09. The Labute approximate surface area is 168 Å². The van der Waals surface area contributed by atoms with Crippen LogP contribution in [0.5, 0.6) is 5.88 Å². The van der Waals surface area contributed by atoms with Gasteiger partial charge in [0.2, 0.25) is 5.88 Å². The molecule has 0 radical (unpaired) electrons. The Bertz CT molecular complexity index is 1090. The maximum absolute atomic E-state index is 12.0. The van der Waals surface area contributed by atoms with Gasteiger partial charge in [-0.2, -0.15) is 0 Å². The highest BCUT2D eigenvalue weighted by molar-refractivity contribution is 7.91. The highest BCUT2D eigenvalue weighted by Gasteiger charge is 2.24. The van der Waals surface area contributed by atoms with Crippen molar-refractivity contribution in [1.82, 2.24) is 15.0 Å². The molecule has 2 aromatic heterocycles. The Kier molecular flexibility index (Phi) is 5.20. The summed E-state index contributed by atoms with van der Waals surface area (Å²) in [5.41, 5.74) is 1.38. The minimum Gasteiger partial charge on any atom is -0.476 e. The zero-order valence-corrected chi connectivity index (χ0v) is 17.5. The first-order valence-corrected chi connectivity index (χ1v) is 11.9. The highest BCUT2D eigenvalue weighted by Crippen LogP contribution is 2.34. The van der Waals surface area contributed by atoms with E-state index in [0.29, 0.717) is 28.8 Å². The van der Waals surface area contributed by atoms with Gasteiger partial charge in [0.1, 0.15) is 5.52 Å². The summed E-state index contributed by atoms with van der Waals surface area (Å²) in [6.45, 7) is 4.28. The third-order valence-corrected chi connectivity index (χ3v) is 7.16. The van der Waals surface area contributed by atoms with Gasteiger partial charge in [-0.05, 0) is 37.8 Å². The van der Waals surface area contributed by atoms with E-state index >= 15 is 0 Å². The first-order valence-electron chi connectivity index (χ1n) is 9.17. The van der Waals surface area contributed by atoms with Crippen molar-refractivity contribution in [2.45, 2.75) is 24.7 Å². The molecule has 28 heavy (non-hydrogen) atoms. The van der Waals surface area contributed by atoms with Crippen LogP contribution in [0.25, 0.3) is 10.2 Å². The van der Waals surface area contributed by atoms with Crippen LogP contribution in [-0.4, -0.2) is 49.3 Å². The van der Waals surface area contributed by atoms with E-state index in [1.807, 2.05) is 13.0 Å². The zero-order valence-electron chi connectivity index (χ0n) is 15.8. The minimum atomic E-state index is -3.29. The van der Waals surface area contributed by atoms with E-state index in [1.54, 1.807) is 35.9 Å². The van der Waals surface area contributed by atoms with Crippen LogP contribution in [0.3, 0.4) is 0 Å². The van der Waals surface area contributed by atoms with E-state index < -0.39 is 9.84 Å². The maximum Gasteiger partial charge on any atom is 0.235 e. The summed E-state index contributed by atoms with van der Waals surface area (Å²) in [6, 6.07) is 5.33. The van der Waals surface area contributed by atoms with Crippen LogP contribution in [0.2, 0.25) is 0 Å². The van der Waals surface area contributed by atoms with E-state index in [4.69, 9.17) is 4.74 Å². The molecule has 0 amide bonds. The number of para-hydroxylation sites is 1. The molecular weight excluding hydrogens is 396 g/mol. The molecule has 0 aliphatic carbocycles. The Balaban J connectivity index is 1.42. The molecule has 0 atom stereocenters. The summed E-state index contributed by atoms with van der Waals surface area (Å²) in [5, 5.41) is 0.884. The third kappa shape index (κ3) is 3.95. The summed E-state index contributed by atoms with van der Waals surface area (Å²) in [6.07, 6.45) is 6.52. The predicted molar refractivity (Wildman–Crippen MR) is 110 cm³/mol. The first kappa shape index (κ1) is 19.1. The molecule has 0 spiro atoms. The maximum atomic E-state index is 12.0. The number of fused-ring (bicyclic) bond motifs is 1. The second-order valence-corrected chi connectivity index (χ2v) is 10.1. The molecule has 0 saturated carbocycles. The molecule has 148 valence electrons. The average molecular weight is 419 g/mol. The molecule has 4 rings (SSSR count). The van der Waals surface area contributed by atoms with E-state index in [0.717, 1.165) is 41.5 Å². The second kappa shape index (κ2) is 7.63. The smallest absolute Gasteiger partial charge is 0.235 e. The van der Waals surface area contributed by atoms with E-state index in [9.17, 15) is 8.42 Å². The number of piperidine rings is 1. The molecule has 1 aliphatic heterocycles. The first-order chi connectivity index (χ1) is 13.4. The number of rotatable bonds is 5. The third-order valence-electron chi connectivity index (χ3n) is 4.95. The SMILES string of the molecule is Cc1nccnc1OCC1CCN(c2nc3c(S(C)(=O)=O)cccc3s2)CC1. The lowest BCUT2D eigenvalue weighted by Crippen LogP contribution is -2.35. The number of nitrogens with zero attached hydrogens (tertiary/aromatic N) is 4. The van der Waals surface area contributed by atoms with Gasteiger partial charge in [-0.25, -0.2) is 18.4 Å². The molecule has 7 nitrogen and oxygen atoms in total.